The molecule has 0 aliphatic heterocycles. The van der Waals surface area contributed by atoms with E-state index in [4.69, 9.17) is 17.3 Å². The van der Waals surface area contributed by atoms with Crippen molar-refractivity contribution in [1.29, 1.82) is 0 Å². The molecule has 0 bridgehead atoms. The van der Waals surface area contributed by atoms with E-state index in [1.165, 1.54) is 13.2 Å². The van der Waals surface area contributed by atoms with Crippen molar-refractivity contribution in [3.05, 3.63) is 27.2 Å². The zero-order chi connectivity index (χ0) is 11.6. The van der Waals surface area contributed by atoms with Gasteiger partial charge in [0.25, 0.3) is 0 Å². The molecule has 0 unspecified atom stereocenters. The molecule has 15 heavy (non-hydrogen) atoms. The van der Waals surface area contributed by atoms with Gasteiger partial charge in [-0.05, 0) is 28.1 Å². The lowest BCUT2D eigenvalue weighted by atomic mass is 10.1. The number of phenols is 1. The van der Waals surface area contributed by atoms with Crippen LogP contribution in [0.25, 0.3) is 0 Å². The monoisotopic (exact) mass is 293 g/mol. The van der Waals surface area contributed by atoms with Crippen LogP contribution in [0.4, 0.5) is 0 Å². The zero-order valence-corrected chi connectivity index (χ0v) is 10.2. The number of rotatable bonds is 2. The normalized spacial score (nSPS) is 12.3. The van der Waals surface area contributed by atoms with E-state index in [1.807, 2.05) is 0 Å². The van der Waals surface area contributed by atoms with Crippen LogP contribution in [0.1, 0.15) is 11.6 Å². The standard InChI is InChI=1S/C9H9BrClNO3/c1-15-9(14)7(12)6-5(11)3-2-4(10)8(6)13/h2-3,7,13H,12H2,1H3/t7-/m0/s1. The number of nitrogens with two attached hydrogens (primary N) is 1. The summed E-state index contributed by atoms with van der Waals surface area (Å²) in [6.07, 6.45) is 0. The second-order valence-electron chi connectivity index (χ2n) is 2.79. The fourth-order valence-electron chi connectivity index (χ4n) is 1.10. The summed E-state index contributed by atoms with van der Waals surface area (Å²) in [7, 11) is 1.21. The van der Waals surface area contributed by atoms with Crippen LogP contribution in [0.15, 0.2) is 16.6 Å². The van der Waals surface area contributed by atoms with Crippen molar-refractivity contribution in [3.8, 4) is 5.75 Å². The Bertz CT molecular complexity index is 397. The number of carbonyl (C=O) groups excluding carboxylic acids is 1. The number of methoxy groups -OCH3 is 1. The first-order chi connectivity index (χ1) is 6.99. The lowest BCUT2D eigenvalue weighted by molar-refractivity contribution is -0.142. The molecule has 6 heteroatoms. The van der Waals surface area contributed by atoms with Gasteiger partial charge in [-0.15, -0.1) is 0 Å². The molecule has 0 aromatic heterocycles. The molecule has 0 heterocycles. The number of carbonyl (C=O) groups is 1. The highest BCUT2D eigenvalue weighted by atomic mass is 79.9. The molecule has 0 spiro atoms. The molecule has 0 fully saturated rings. The third-order valence-corrected chi connectivity index (χ3v) is 2.85. The first-order valence-electron chi connectivity index (χ1n) is 3.99. The molecule has 0 saturated heterocycles. The van der Waals surface area contributed by atoms with E-state index < -0.39 is 12.0 Å². The van der Waals surface area contributed by atoms with E-state index in [-0.39, 0.29) is 16.3 Å². The minimum atomic E-state index is -1.10. The lowest BCUT2D eigenvalue weighted by Gasteiger charge is -2.13. The number of benzene rings is 1. The van der Waals surface area contributed by atoms with Crippen LogP contribution < -0.4 is 5.73 Å². The van der Waals surface area contributed by atoms with E-state index >= 15 is 0 Å². The Kier molecular flexibility index (Phi) is 3.96. The van der Waals surface area contributed by atoms with Gasteiger partial charge in [-0.1, -0.05) is 11.6 Å². The highest BCUT2D eigenvalue weighted by Crippen LogP contribution is 2.36. The van der Waals surface area contributed by atoms with Crippen LogP contribution in [-0.2, 0) is 9.53 Å². The largest absolute Gasteiger partial charge is 0.506 e. The fourth-order valence-corrected chi connectivity index (χ4v) is 1.71. The number of hydrogen-bond acceptors (Lipinski definition) is 4. The van der Waals surface area contributed by atoms with Gasteiger partial charge in [0.2, 0.25) is 0 Å². The van der Waals surface area contributed by atoms with Crippen LogP contribution >= 0.6 is 27.5 Å². The second-order valence-corrected chi connectivity index (χ2v) is 4.05. The van der Waals surface area contributed by atoms with Crippen molar-refractivity contribution in [2.24, 2.45) is 5.73 Å². The molecule has 3 N–H and O–H groups in total. The number of halogens is 2. The van der Waals surface area contributed by atoms with Crippen LogP contribution in [0, 0.1) is 0 Å². The minimum absolute atomic E-state index is 0.151. The molecule has 0 aliphatic carbocycles. The Hall–Kier alpha value is -0.780. The molecule has 1 rings (SSSR count). The van der Waals surface area contributed by atoms with Gasteiger partial charge < -0.3 is 15.6 Å². The number of aromatic hydroxyl groups is 1. The predicted molar refractivity (Wildman–Crippen MR) is 59.8 cm³/mol. The average molecular weight is 295 g/mol. The van der Waals surface area contributed by atoms with Crippen LogP contribution in [0.3, 0.4) is 0 Å². The first kappa shape index (κ1) is 12.3. The molecular formula is C9H9BrClNO3. The number of ether oxygens (including phenoxy) is 1. The smallest absolute Gasteiger partial charge is 0.327 e. The van der Waals surface area contributed by atoms with Crippen molar-refractivity contribution in [1.82, 2.24) is 0 Å². The van der Waals surface area contributed by atoms with Crippen molar-refractivity contribution in [2.45, 2.75) is 6.04 Å². The van der Waals surface area contributed by atoms with E-state index in [9.17, 15) is 9.90 Å². The second kappa shape index (κ2) is 4.83. The fraction of sp³-hybridized carbons (Fsp3) is 0.222. The van der Waals surface area contributed by atoms with Gasteiger partial charge in [0.15, 0.2) is 0 Å². The molecule has 82 valence electrons. The summed E-state index contributed by atoms with van der Waals surface area (Å²) in [6.45, 7) is 0. The maximum absolute atomic E-state index is 11.2. The van der Waals surface area contributed by atoms with Gasteiger partial charge in [0, 0.05) is 10.6 Å². The van der Waals surface area contributed by atoms with E-state index in [0.717, 1.165) is 0 Å². The van der Waals surface area contributed by atoms with E-state index in [0.29, 0.717) is 4.47 Å². The summed E-state index contributed by atoms with van der Waals surface area (Å²) in [5.41, 5.74) is 5.73. The highest BCUT2D eigenvalue weighted by Gasteiger charge is 2.23. The Labute approximate surface area is 100 Å². The Balaban J connectivity index is 3.24. The van der Waals surface area contributed by atoms with Crippen molar-refractivity contribution in [3.63, 3.8) is 0 Å². The number of esters is 1. The lowest BCUT2D eigenvalue weighted by Crippen LogP contribution is -2.23. The van der Waals surface area contributed by atoms with Crippen LogP contribution in [-0.4, -0.2) is 18.2 Å². The molecule has 4 nitrogen and oxygen atoms in total. The van der Waals surface area contributed by atoms with Crippen molar-refractivity contribution < 1.29 is 14.6 Å². The van der Waals surface area contributed by atoms with Crippen LogP contribution in [0.2, 0.25) is 5.02 Å². The van der Waals surface area contributed by atoms with Gasteiger partial charge in [-0.2, -0.15) is 0 Å². The zero-order valence-electron chi connectivity index (χ0n) is 7.83. The summed E-state index contributed by atoms with van der Waals surface area (Å²) in [5, 5.41) is 9.89. The Morgan fingerprint density at radius 2 is 2.27 bits per heavy atom. The first-order valence-corrected chi connectivity index (χ1v) is 5.16. The minimum Gasteiger partial charge on any atom is -0.506 e. The molecule has 0 aliphatic rings. The maximum atomic E-state index is 11.2. The SMILES string of the molecule is COC(=O)[C@@H](N)c1c(Cl)ccc(Br)c1O. The summed E-state index contributed by atoms with van der Waals surface area (Å²) >= 11 is 8.93. The van der Waals surface area contributed by atoms with Crippen LogP contribution in [0.5, 0.6) is 5.75 Å². The molecular weight excluding hydrogens is 285 g/mol. The van der Waals surface area contributed by atoms with E-state index in [1.54, 1.807) is 6.07 Å². The molecule has 1 atom stereocenters. The molecule has 1 aromatic rings. The van der Waals surface area contributed by atoms with Gasteiger partial charge in [-0.25, -0.2) is 0 Å². The number of hydrogen-bond donors (Lipinski definition) is 2. The number of phenolic OH excluding ortho intramolecular Hbond substituents is 1. The molecule has 0 radical (unpaired) electrons. The summed E-state index contributed by atoms with van der Waals surface area (Å²) in [5.74, 6) is -0.814. The predicted octanol–water partition coefficient (Wildman–Crippen LogP) is 1.98. The quantitative estimate of drug-likeness (QED) is 0.818. The van der Waals surface area contributed by atoms with Gasteiger partial charge in [0.05, 0.1) is 11.6 Å². The molecule has 1 aromatic carbocycles. The van der Waals surface area contributed by atoms with Gasteiger partial charge >= 0.3 is 5.97 Å². The van der Waals surface area contributed by atoms with Gasteiger partial charge in [0.1, 0.15) is 11.8 Å². The van der Waals surface area contributed by atoms with Gasteiger partial charge in [-0.3, -0.25) is 4.79 Å². The summed E-state index contributed by atoms with van der Waals surface area (Å²) in [4.78, 5) is 11.2. The van der Waals surface area contributed by atoms with Crippen molar-refractivity contribution >= 4 is 33.5 Å². The maximum Gasteiger partial charge on any atom is 0.327 e. The Morgan fingerprint density at radius 3 is 2.80 bits per heavy atom. The third kappa shape index (κ3) is 2.42. The highest BCUT2D eigenvalue weighted by molar-refractivity contribution is 9.10. The van der Waals surface area contributed by atoms with E-state index in [2.05, 4.69) is 20.7 Å². The third-order valence-electron chi connectivity index (χ3n) is 1.88. The summed E-state index contributed by atoms with van der Waals surface area (Å²) < 4.78 is 4.89. The topological polar surface area (TPSA) is 72.5 Å². The molecule has 0 amide bonds. The van der Waals surface area contributed by atoms with Crippen molar-refractivity contribution in [2.75, 3.05) is 7.11 Å². The average Bonchev–Trinajstić information content (AvgIpc) is 2.22. The summed E-state index contributed by atoms with van der Waals surface area (Å²) in [6, 6.07) is 1.99. The molecule has 0 saturated carbocycles. The Morgan fingerprint density at radius 1 is 1.67 bits per heavy atom.